The summed E-state index contributed by atoms with van der Waals surface area (Å²) >= 11 is 0. The summed E-state index contributed by atoms with van der Waals surface area (Å²) in [7, 11) is 0. The van der Waals surface area contributed by atoms with Crippen LogP contribution in [-0.2, 0) is 6.42 Å². The fourth-order valence-electron chi connectivity index (χ4n) is 2.26. The third-order valence-electron chi connectivity index (χ3n) is 3.58. The molecule has 0 atom stereocenters. The fraction of sp³-hybridized carbons (Fsp3) is 0.118. The number of aromatic nitrogens is 3. The Morgan fingerprint density at radius 2 is 1.74 bits per heavy atom. The molecule has 0 radical (unpaired) electrons. The van der Waals surface area contributed by atoms with Crippen LogP contribution in [0.1, 0.15) is 27.3 Å². The zero-order valence-electron chi connectivity index (χ0n) is 12.6. The van der Waals surface area contributed by atoms with Crippen molar-refractivity contribution in [2.24, 2.45) is 0 Å². The van der Waals surface area contributed by atoms with Crippen LogP contribution >= 0.6 is 0 Å². The minimum atomic E-state index is -0.652. The number of benzene rings is 2. The van der Waals surface area contributed by atoms with Gasteiger partial charge in [0.25, 0.3) is 5.91 Å². The van der Waals surface area contributed by atoms with Gasteiger partial charge in [0.2, 0.25) is 0 Å². The van der Waals surface area contributed by atoms with E-state index in [-0.39, 0.29) is 0 Å². The van der Waals surface area contributed by atoms with Crippen LogP contribution in [0.3, 0.4) is 0 Å². The van der Waals surface area contributed by atoms with Crippen LogP contribution in [0.15, 0.2) is 59.4 Å². The van der Waals surface area contributed by atoms with Gasteiger partial charge in [0.15, 0.2) is 5.82 Å². The van der Waals surface area contributed by atoms with Crippen LogP contribution in [0.5, 0.6) is 0 Å². The topological polar surface area (TPSA) is 82.9 Å². The zero-order valence-corrected chi connectivity index (χ0v) is 12.6. The highest BCUT2D eigenvalue weighted by molar-refractivity contribution is 5.95. The number of hydrogen-bond donors (Lipinski definition) is 1. The minimum absolute atomic E-state index is 0.336. The third-order valence-corrected chi connectivity index (χ3v) is 3.58. The molecule has 6 nitrogen and oxygen atoms in total. The van der Waals surface area contributed by atoms with E-state index < -0.39 is 11.6 Å². The van der Waals surface area contributed by atoms with Gasteiger partial charge in [-0.2, -0.15) is 4.68 Å². The molecule has 1 aromatic heterocycles. The Bertz CT molecular complexity index is 893. The molecule has 0 spiro atoms. The Labute approximate surface area is 132 Å². The first-order valence-electron chi connectivity index (χ1n) is 7.17. The molecule has 0 amide bonds. The van der Waals surface area contributed by atoms with E-state index >= 15 is 0 Å². The van der Waals surface area contributed by atoms with E-state index in [1.165, 1.54) is 0 Å². The van der Waals surface area contributed by atoms with Gasteiger partial charge in [0, 0.05) is 12.0 Å². The summed E-state index contributed by atoms with van der Waals surface area (Å²) in [6, 6.07) is 16.3. The summed E-state index contributed by atoms with van der Waals surface area (Å²) in [6.45, 7) is 2.00. The zero-order chi connectivity index (χ0) is 16.4. The lowest BCUT2D eigenvalue weighted by Crippen LogP contribution is -2.34. The van der Waals surface area contributed by atoms with Crippen LogP contribution in [0.2, 0.25) is 0 Å². The molecule has 0 fully saturated rings. The number of nitrogens with zero attached hydrogens (tertiary/aromatic N) is 3. The first-order valence-corrected chi connectivity index (χ1v) is 7.17. The van der Waals surface area contributed by atoms with Crippen LogP contribution in [0.4, 0.5) is 0 Å². The molecule has 1 heterocycles. The predicted molar refractivity (Wildman–Crippen MR) is 86.8 cm³/mol. The van der Waals surface area contributed by atoms with Crippen molar-refractivity contribution in [3.63, 3.8) is 0 Å². The first kappa shape index (κ1) is 14.8. The van der Waals surface area contributed by atoms with Gasteiger partial charge in [-0.05, 0) is 24.6 Å². The van der Waals surface area contributed by atoms with Crippen LogP contribution < -0.4 is 11.5 Å². The summed E-state index contributed by atoms with van der Waals surface area (Å²) in [5.74, 6) is 5.61. The van der Waals surface area contributed by atoms with Crippen molar-refractivity contribution < 1.29 is 4.79 Å². The average Bonchev–Trinajstić information content (AvgIpc) is 2.85. The maximum absolute atomic E-state index is 12.4. The van der Waals surface area contributed by atoms with Crippen molar-refractivity contribution in [3.8, 4) is 0 Å². The van der Waals surface area contributed by atoms with Gasteiger partial charge in [-0.15, -0.1) is 9.78 Å². The summed E-state index contributed by atoms with van der Waals surface area (Å²) in [4.78, 5) is 24.5. The van der Waals surface area contributed by atoms with E-state index in [1.54, 1.807) is 30.3 Å². The normalized spacial score (nSPS) is 10.7. The van der Waals surface area contributed by atoms with E-state index in [2.05, 4.69) is 5.10 Å². The van der Waals surface area contributed by atoms with Crippen molar-refractivity contribution in [2.45, 2.75) is 13.3 Å². The van der Waals surface area contributed by atoms with Gasteiger partial charge in [-0.1, -0.05) is 48.0 Å². The molecule has 0 aliphatic rings. The van der Waals surface area contributed by atoms with Crippen LogP contribution in [0.25, 0.3) is 0 Å². The number of nitrogen functional groups attached to an aromatic ring is 1. The van der Waals surface area contributed by atoms with Crippen molar-refractivity contribution in [3.05, 3.63) is 87.6 Å². The maximum Gasteiger partial charge on any atom is 0.372 e. The molecule has 0 saturated carbocycles. The molecule has 0 aliphatic heterocycles. The largest absolute Gasteiger partial charge is 0.372 e. The molecule has 0 bridgehead atoms. The molecule has 23 heavy (non-hydrogen) atoms. The fourth-order valence-corrected chi connectivity index (χ4v) is 2.26. The second-order valence-electron chi connectivity index (χ2n) is 5.31. The van der Waals surface area contributed by atoms with Crippen LogP contribution in [0, 0.1) is 6.92 Å². The van der Waals surface area contributed by atoms with E-state index in [9.17, 15) is 9.59 Å². The number of hydrogen-bond acceptors (Lipinski definition) is 4. The molecule has 0 unspecified atom stereocenters. The molecular formula is C17H16N4O2. The number of rotatable bonds is 3. The van der Waals surface area contributed by atoms with Crippen molar-refractivity contribution in [1.29, 1.82) is 0 Å². The molecule has 0 aliphatic carbocycles. The lowest BCUT2D eigenvalue weighted by Gasteiger charge is -2.00. The number of carbonyl (C=O) groups is 1. The van der Waals surface area contributed by atoms with E-state index in [1.807, 2.05) is 31.2 Å². The highest BCUT2D eigenvalue weighted by Gasteiger charge is 2.18. The minimum Gasteiger partial charge on any atom is -0.333 e. The predicted octanol–water partition coefficient (Wildman–Crippen LogP) is 1.35. The molecule has 6 heteroatoms. The molecule has 2 N–H and O–H groups in total. The van der Waals surface area contributed by atoms with Gasteiger partial charge >= 0.3 is 5.69 Å². The Hall–Kier alpha value is -3.15. The summed E-state index contributed by atoms with van der Waals surface area (Å²) < 4.78 is 1.72. The van der Waals surface area contributed by atoms with E-state index in [0.717, 1.165) is 20.5 Å². The van der Waals surface area contributed by atoms with Crippen molar-refractivity contribution in [2.75, 3.05) is 5.84 Å². The summed E-state index contributed by atoms with van der Waals surface area (Å²) in [6.07, 6.45) is 0.376. The van der Waals surface area contributed by atoms with Gasteiger partial charge in [-0.25, -0.2) is 4.79 Å². The van der Waals surface area contributed by atoms with Crippen LogP contribution in [-0.4, -0.2) is 20.4 Å². The monoisotopic (exact) mass is 308 g/mol. The lowest BCUT2D eigenvalue weighted by atomic mass is 10.1. The second kappa shape index (κ2) is 5.92. The van der Waals surface area contributed by atoms with Crippen molar-refractivity contribution in [1.82, 2.24) is 14.5 Å². The maximum atomic E-state index is 12.4. The first-order chi connectivity index (χ1) is 11.1. The molecule has 2 aromatic carbocycles. The van der Waals surface area contributed by atoms with Gasteiger partial charge < -0.3 is 5.84 Å². The third kappa shape index (κ3) is 2.91. The number of nitrogens with two attached hydrogens (primary N) is 1. The Morgan fingerprint density at radius 1 is 1.09 bits per heavy atom. The average molecular weight is 308 g/mol. The molecular weight excluding hydrogens is 292 g/mol. The standard InChI is InChI=1S/C17H16N4O2/c1-12-7-9-13(10-8-12)11-15-19-21(17(23)20(15)18)16(22)14-5-3-2-4-6-14/h2-10H,11,18H2,1H3. The summed E-state index contributed by atoms with van der Waals surface area (Å²) in [5.41, 5.74) is 1.84. The van der Waals surface area contributed by atoms with E-state index in [4.69, 9.17) is 5.84 Å². The lowest BCUT2D eigenvalue weighted by molar-refractivity contribution is 0.0940. The Morgan fingerprint density at radius 3 is 2.39 bits per heavy atom. The summed E-state index contributed by atoms with van der Waals surface area (Å²) in [5, 5.41) is 4.10. The smallest absolute Gasteiger partial charge is 0.333 e. The second-order valence-corrected chi connectivity index (χ2v) is 5.31. The molecule has 3 aromatic rings. The number of carbonyl (C=O) groups excluding carboxylic acids is 1. The highest BCUT2D eigenvalue weighted by Crippen LogP contribution is 2.08. The quantitative estimate of drug-likeness (QED) is 0.740. The molecule has 116 valence electrons. The van der Waals surface area contributed by atoms with Crippen molar-refractivity contribution >= 4 is 5.91 Å². The Balaban J connectivity index is 1.94. The van der Waals surface area contributed by atoms with Gasteiger partial charge in [-0.3, -0.25) is 4.79 Å². The van der Waals surface area contributed by atoms with Gasteiger partial charge in [0.05, 0.1) is 0 Å². The SMILES string of the molecule is Cc1ccc(Cc2nn(C(=O)c3ccccc3)c(=O)n2N)cc1. The number of aryl methyl sites for hydroxylation is 1. The molecule has 3 rings (SSSR count). The Kier molecular flexibility index (Phi) is 3.80. The van der Waals surface area contributed by atoms with E-state index in [0.29, 0.717) is 17.8 Å². The van der Waals surface area contributed by atoms with Gasteiger partial charge in [0.1, 0.15) is 0 Å². The molecule has 0 saturated heterocycles. The highest BCUT2D eigenvalue weighted by atomic mass is 16.2.